The quantitative estimate of drug-likeness (QED) is 0.648. The van der Waals surface area contributed by atoms with Crippen LogP contribution in [0.5, 0.6) is 5.75 Å². The van der Waals surface area contributed by atoms with Crippen LogP contribution in [0, 0.1) is 5.92 Å². The molecule has 1 aromatic rings. The SMILES string of the molecule is COCCCN1CCC23CCCCC2C1Cc1ccc(OCC(F)(F)F)cc13. The highest BCUT2D eigenvalue weighted by molar-refractivity contribution is 5.45. The number of piperidine rings is 1. The van der Waals surface area contributed by atoms with Crippen molar-refractivity contribution in [2.45, 2.75) is 62.6 Å². The first-order valence-electron chi connectivity index (χ1n) is 10.5. The highest BCUT2D eigenvalue weighted by Crippen LogP contribution is 2.56. The second-order valence-electron chi connectivity index (χ2n) is 8.64. The van der Waals surface area contributed by atoms with Gasteiger partial charge < -0.3 is 9.47 Å². The van der Waals surface area contributed by atoms with E-state index in [1.807, 2.05) is 12.1 Å². The molecule has 4 rings (SSSR count). The van der Waals surface area contributed by atoms with Gasteiger partial charge in [-0.05, 0) is 67.8 Å². The summed E-state index contributed by atoms with van der Waals surface area (Å²) in [5.74, 6) is 0.957. The number of likely N-dealkylation sites (tertiary alicyclic amines) is 1. The van der Waals surface area contributed by atoms with Crippen molar-refractivity contribution in [3.8, 4) is 5.75 Å². The summed E-state index contributed by atoms with van der Waals surface area (Å²) in [7, 11) is 1.75. The van der Waals surface area contributed by atoms with Crippen LogP contribution in [0.3, 0.4) is 0 Å². The standard InChI is InChI=1S/C22H30F3NO2/c1-27-12-4-10-26-11-9-21-8-3-2-5-18(21)20(26)13-16-6-7-17(14-19(16)21)28-15-22(23,24)25/h6-7,14,18,20H,2-5,8-13,15H2,1H3. The highest BCUT2D eigenvalue weighted by atomic mass is 19.4. The molecule has 1 heterocycles. The lowest BCUT2D eigenvalue weighted by atomic mass is 9.52. The normalized spacial score (nSPS) is 29.9. The molecule has 6 heteroatoms. The summed E-state index contributed by atoms with van der Waals surface area (Å²) in [6.07, 6.45) is 3.66. The van der Waals surface area contributed by atoms with Crippen molar-refractivity contribution >= 4 is 0 Å². The molecule has 1 aliphatic heterocycles. The number of hydrogen-bond acceptors (Lipinski definition) is 3. The summed E-state index contributed by atoms with van der Waals surface area (Å²) in [5.41, 5.74) is 2.69. The molecule has 2 fully saturated rings. The van der Waals surface area contributed by atoms with Crippen LogP contribution in [0.1, 0.15) is 49.7 Å². The molecule has 28 heavy (non-hydrogen) atoms. The van der Waals surface area contributed by atoms with Crippen molar-refractivity contribution in [1.82, 2.24) is 4.90 Å². The van der Waals surface area contributed by atoms with Crippen molar-refractivity contribution in [2.24, 2.45) is 5.92 Å². The summed E-state index contributed by atoms with van der Waals surface area (Å²) in [6, 6.07) is 6.20. The van der Waals surface area contributed by atoms with E-state index in [-0.39, 0.29) is 5.41 Å². The molecule has 3 nitrogen and oxygen atoms in total. The van der Waals surface area contributed by atoms with E-state index in [4.69, 9.17) is 9.47 Å². The average molecular weight is 397 g/mol. The summed E-state index contributed by atoms with van der Waals surface area (Å²) in [4.78, 5) is 2.64. The number of ether oxygens (including phenoxy) is 2. The van der Waals surface area contributed by atoms with Gasteiger partial charge in [-0.15, -0.1) is 0 Å². The van der Waals surface area contributed by atoms with E-state index in [0.29, 0.717) is 17.7 Å². The fourth-order valence-corrected chi connectivity index (χ4v) is 6.01. The van der Waals surface area contributed by atoms with Gasteiger partial charge in [0.05, 0.1) is 0 Å². The van der Waals surface area contributed by atoms with E-state index in [9.17, 15) is 13.2 Å². The zero-order valence-corrected chi connectivity index (χ0v) is 16.6. The third kappa shape index (κ3) is 3.78. The molecule has 2 aliphatic carbocycles. The van der Waals surface area contributed by atoms with Gasteiger partial charge in [0.15, 0.2) is 6.61 Å². The molecule has 0 spiro atoms. The largest absolute Gasteiger partial charge is 0.484 e. The number of halogens is 3. The zero-order valence-electron chi connectivity index (χ0n) is 16.6. The Hall–Kier alpha value is -1.27. The smallest absolute Gasteiger partial charge is 0.422 e. The molecule has 3 aliphatic rings. The first-order chi connectivity index (χ1) is 13.4. The second kappa shape index (κ2) is 7.86. The van der Waals surface area contributed by atoms with E-state index in [2.05, 4.69) is 4.90 Å². The molecule has 156 valence electrons. The van der Waals surface area contributed by atoms with E-state index in [0.717, 1.165) is 45.4 Å². The Balaban J connectivity index is 1.61. The minimum atomic E-state index is -4.31. The minimum absolute atomic E-state index is 0.117. The van der Waals surface area contributed by atoms with E-state index < -0.39 is 12.8 Å². The van der Waals surface area contributed by atoms with Gasteiger partial charge in [0, 0.05) is 31.7 Å². The molecule has 1 saturated heterocycles. The summed E-state index contributed by atoms with van der Waals surface area (Å²) in [6.45, 7) is 1.69. The van der Waals surface area contributed by atoms with Crippen LogP contribution in [0.15, 0.2) is 18.2 Å². The highest BCUT2D eigenvalue weighted by Gasteiger charge is 2.53. The predicted molar refractivity (Wildman–Crippen MR) is 102 cm³/mol. The number of benzene rings is 1. The molecule has 0 amide bonds. The topological polar surface area (TPSA) is 21.7 Å². The number of hydrogen-bond donors (Lipinski definition) is 0. The van der Waals surface area contributed by atoms with Crippen LogP contribution < -0.4 is 4.74 Å². The van der Waals surface area contributed by atoms with Crippen LogP contribution in [0.2, 0.25) is 0 Å². The Bertz CT molecular complexity index is 693. The van der Waals surface area contributed by atoms with Gasteiger partial charge in [-0.3, -0.25) is 4.90 Å². The number of nitrogens with zero attached hydrogens (tertiary/aromatic N) is 1. The molecular formula is C22H30F3NO2. The van der Waals surface area contributed by atoms with Crippen molar-refractivity contribution in [3.63, 3.8) is 0 Å². The Morgan fingerprint density at radius 1 is 1.21 bits per heavy atom. The van der Waals surface area contributed by atoms with Crippen LogP contribution in [-0.2, 0) is 16.6 Å². The number of alkyl halides is 3. The number of rotatable bonds is 6. The van der Waals surface area contributed by atoms with Gasteiger partial charge in [-0.1, -0.05) is 18.9 Å². The van der Waals surface area contributed by atoms with Gasteiger partial charge in [0.25, 0.3) is 0 Å². The van der Waals surface area contributed by atoms with Crippen molar-refractivity contribution < 1.29 is 22.6 Å². The third-order valence-corrected chi connectivity index (χ3v) is 7.12. The zero-order chi connectivity index (χ0) is 19.8. The predicted octanol–water partition coefficient (Wildman–Crippen LogP) is 4.72. The molecule has 1 saturated carbocycles. The molecule has 3 unspecified atom stereocenters. The van der Waals surface area contributed by atoms with Gasteiger partial charge >= 0.3 is 6.18 Å². The summed E-state index contributed by atoms with van der Waals surface area (Å²) < 4.78 is 48.1. The Labute approximate surface area is 165 Å². The lowest BCUT2D eigenvalue weighted by Gasteiger charge is -2.59. The van der Waals surface area contributed by atoms with Crippen LogP contribution in [0.25, 0.3) is 0 Å². The molecule has 0 N–H and O–H groups in total. The fourth-order valence-electron chi connectivity index (χ4n) is 6.01. The van der Waals surface area contributed by atoms with Gasteiger partial charge in [-0.2, -0.15) is 13.2 Å². The van der Waals surface area contributed by atoms with Gasteiger partial charge in [0.2, 0.25) is 0 Å². The number of methoxy groups -OCH3 is 1. The van der Waals surface area contributed by atoms with Crippen molar-refractivity contribution in [1.29, 1.82) is 0 Å². The minimum Gasteiger partial charge on any atom is -0.484 e. The first kappa shape index (κ1) is 20.0. The van der Waals surface area contributed by atoms with Crippen LogP contribution >= 0.6 is 0 Å². The maximum atomic E-state index is 12.6. The Kier molecular flexibility index (Phi) is 5.62. The molecule has 0 aromatic heterocycles. The lowest BCUT2D eigenvalue weighted by molar-refractivity contribution is -0.153. The van der Waals surface area contributed by atoms with Crippen molar-refractivity contribution in [3.05, 3.63) is 29.3 Å². The van der Waals surface area contributed by atoms with E-state index in [1.54, 1.807) is 13.2 Å². The van der Waals surface area contributed by atoms with Gasteiger partial charge in [-0.25, -0.2) is 0 Å². The molecule has 0 radical (unpaired) electrons. The van der Waals surface area contributed by atoms with E-state index in [1.165, 1.54) is 30.4 Å². The van der Waals surface area contributed by atoms with Crippen LogP contribution in [-0.4, -0.2) is 50.5 Å². The second-order valence-corrected chi connectivity index (χ2v) is 8.64. The summed E-state index contributed by atoms with van der Waals surface area (Å²) >= 11 is 0. The Morgan fingerprint density at radius 2 is 2.07 bits per heavy atom. The maximum Gasteiger partial charge on any atom is 0.422 e. The summed E-state index contributed by atoms with van der Waals surface area (Å²) in [5, 5.41) is 0. The molecular weight excluding hydrogens is 367 g/mol. The fraction of sp³-hybridized carbons (Fsp3) is 0.727. The van der Waals surface area contributed by atoms with Crippen LogP contribution in [0.4, 0.5) is 13.2 Å². The molecule has 1 aromatic carbocycles. The Morgan fingerprint density at radius 3 is 2.86 bits per heavy atom. The molecule has 3 atom stereocenters. The van der Waals surface area contributed by atoms with E-state index >= 15 is 0 Å². The maximum absolute atomic E-state index is 12.6. The van der Waals surface area contributed by atoms with Crippen molar-refractivity contribution in [2.75, 3.05) is 33.4 Å². The number of fused-ring (bicyclic) bond motifs is 1. The third-order valence-electron chi connectivity index (χ3n) is 7.12. The monoisotopic (exact) mass is 397 g/mol. The average Bonchev–Trinajstić information content (AvgIpc) is 2.68. The lowest BCUT2D eigenvalue weighted by Crippen LogP contribution is -2.61. The first-order valence-corrected chi connectivity index (χ1v) is 10.5. The van der Waals surface area contributed by atoms with Gasteiger partial charge in [0.1, 0.15) is 5.75 Å². The molecule has 2 bridgehead atoms.